The van der Waals surface area contributed by atoms with E-state index >= 15 is 0 Å². The van der Waals surface area contributed by atoms with Gasteiger partial charge in [-0.05, 0) is 36.5 Å². The summed E-state index contributed by atoms with van der Waals surface area (Å²) in [6.07, 6.45) is 7.36. The van der Waals surface area contributed by atoms with Crippen molar-refractivity contribution in [3.63, 3.8) is 0 Å². The van der Waals surface area contributed by atoms with Crippen molar-refractivity contribution in [2.24, 2.45) is 0 Å². The van der Waals surface area contributed by atoms with E-state index in [9.17, 15) is 0 Å². The monoisotopic (exact) mass is 264 g/mol. The second kappa shape index (κ2) is 4.67. The summed E-state index contributed by atoms with van der Waals surface area (Å²) in [6.45, 7) is 0.871. The van der Waals surface area contributed by atoms with Crippen LogP contribution < -0.4 is 0 Å². The summed E-state index contributed by atoms with van der Waals surface area (Å²) in [5, 5.41) is 3.98. The molecule has 3 aromatic rings. The fourth-order valence-electron chi connectivity index (χ4n) is 3.01. The van der Waals surface area contributed by atoms with Crippen LogP contribution in [-0.4, -0.2) is 9.72 Å². The Morgan fingerprint density at radius 3 is 2.80 bits per heavy atom. The quantitative estimate of drug-likeness (QED) is 0.707. The SMILES string of the molecule is c1ccc(Cn2ccc3c2-c2oncc2CCC3)cc1. The highest BCUT2D eigenvalue weighted by Gasteiger charge is 2.22. The average Bonchev–Trinajstić information content (AvgIpc) is 3.04. The molecule has 0 N–H and O–H groups in total. The second-order valence-corrected chi connectivity index (χ2v) is 5.34. The third kappa shape index (κ3) is 1.86. The van der Waals surface area contributed by atoms with E-state index in [4.69, 9.17) is 4.52 Å². The van der Waals surface area contributed by atoms with Crippen LogP contribution in [0, 0.1) is 0 Å². The van der Waals surface area contributed by atoms with E-state index in [2.05, 4.69) is 46.3 Å². The maximum Gasteiger partial charge on any atom is 0.186 e. The van der Waals surface area contributed by atoms with Gasteiger partial charge in [-0.1, -0.05) is 35.5 Å². The van der Waals surface area contributed by atoms with Crippen LogP contribution in [-0.2, 0) is 19.4 Å². The first-order valence-electron chi connectivity index (χ1n) is 7.07. The minimum atomic E-state index is 0.871. The highest BCUT2D eigenvalue weighted by Crippen LogP contribution is 2.33. The summed E-state index contributed by atoms with van der Waals surface area (Å²) in [7, 11) is 0. The molecule has 3 nitrogen and oxygen atoms in total. The molecule has 0 atom stereocenters. The van der Waals surface area contributed by atoms with E-state index in [0.717, 1.165) is 31.6 Å². The zero-order valence-corrected chi connectivity index (χ0v) is 11.2. The number of hydrogen-bond acceptors (Lipinski definition) is 2. The molecule has 20 heavy (non-hydrogen) atoms. The number of aryl methyl sites for hydroxylation is 2. The van der Waals surface area contributed by atoms with Gasteiger partial charge in [0.05, 0.1) is 11.9 Å². The minimum absolute atomic E-state index is 0.871. The van der Waals surface area contributed by atoms with E-state index in [1.807, 2.05) is 12.3 Å². The number of rotatable bonds is 2. The van der Waals surface area contributed by atoms with Crippen molar-refractivity contribution in [2.75, 3.05) is 0 Å². The number of hydrogen-bond donors (Lipinski definition) is 0. The predicted octanol–water partition coefficient (Wildman–Crippen LogP) is 3.68. The molecule has 0 amide bonds. The smallest absolute Gasteiger partial charge is 0.186 e. The van der Waals surface area contributed by atoms with Gasteiger partial charge in [0.1, 0.15) is 0 Å². The molecule has 3 heteroatoms. The van der Waals surface area contributed by atoms with Gasteiger partial charge in [0.25, 0.3) is 0 Å². The summed E-state index contributed by atoms with van der Waals surface area (Å²) in [4.78, 5) is 0. The van der Waals surface area contributed by atoms with Gasteiger partial charge in [-0.15, -0.1) is 0 Å². The lowest BCUT2D eigenvalue weighted by Crippen LogP contribution is -2.01. The van der Waals surface area contributed by atoms with Gasteiger partial charge in [0, 0.05) is 18.3 Å². The van der Waals surface area contributed by atoms with Gasteiger partial charge in [0.2, 0.25) is 0 Å². The van der Waals surface area contributed by atoms with Crippen molar-refractivity contribution in [2.45, 2.75) is 25.8 Å². The van der Waals surface area contributed by atoms with Crippen molar-refractivity contribution in [3.8, 4) is 11.5 Å². The summed E-state index contributed by atoms with van der Waals surface area (Å²) >= 11 is 0. The first-order chi connectivity index (χ1) is 9.92. The third-order valence-corrected chi connectivity index (χ3v) is 3.99. The standard InChI is InChI=1S/C17H16N2O/c1-2-5-13(6-3-1)12-19-10-9-14-7-4-8-15-11-18-20-17(15)16(14)19/h1-3,5-6,9-11H,4,7-8,12H2. The average molecular weight is 264 g/mol. The number of aromatic nitrogens is 2. The highest BCUT2D eigenvalue weighted by molar-refractivity contribution is 5.63. The van der Waals surface area contributed by atoms with Crippen LogP contribution in [0.4, 0.5) is 0 Å². The fourth-order valence-corrected chi connectivity index (χ4v) is 3.01. The van der Waals surface area contributed by atoms with Crippen LogP contribution in [0.15, 0.2) is 53.3 Å². The molecule has 2 heterocycles. The van der Waals surface area contributed by atoms with E-state index in [0.29, 0.717) is 0 Å². The number of fused-ring (bicyclic) bond motifs is 3. The largest absolute Gasteiger partial charge is 0.354 e. The molecular formula is C17H16N2O. The van der Waals surface area contributed by atoms with Crippen LogP contribution in [0.2, 0.25) is 0 Å². The molecule has 2 aromatic heterocycles. The molecule has 0 spiro atoms. The molecule has 4 rings (SSSR count). The summed E-state index contributed by atoms with van der Waals surface area (Å²) in [5.74, 6) is 0.957. The molecule has 100 valence electrons. The van der Waals surface area contributed by atoms with Crippen molar-refractivity contribution < 1.29 is 4.52 Å². The van der Waals surface area contributed by atoms with Crippen LogP contribution in [0.25, 0.3) is 11.5 Å². The van der Waals surface area contributed by atoms with E-state index in [1.54, 1.807) is 0 Å². The van der Waals surface area contributed by atoms with E-state index in [-0.39, 0.29) is 0 Å². The maximum absolute atomic E-state index is 5.53. The Hall–Kier alpha value is -2.29. The first-order valence-corrected chi connectivity index (χ1v) is 7.07. The van der Waals surface area contributed by atoms with E-state index in [1.165, 1.54) is 22.4 Å². The first kappa shape index (κ1) is 11.5. The minimum Gasteiger partial charge on any atom is -0.354 e. The van der Waals surface area contributed by atoms with Crippen molar-refractivity contribution in [1.82, 2.24) is 9.72 Å². The molecule has 0 saturated heterocycles. The Morgan fingerprint density at radius 2 is 1.90 bits per heavy atom. The van der Waals surface area contributed by atoms with Gasteiger partial charge < -0.3 is 9.09 Å². The van der Waals surface area contributed by atoms with Gasteiger partial charge in [0.15, 0.2) is 5.76 Å². The van der Waals surface area contributed by atoms with Crippen LogP contribution in [0.1, 0.15) is 23.1 Å². The lowest BCUT2D eigenvalue weighted by molar-refractivity contribution is 0.428. The van der Waals surface area contributed by atoms with Crippen molar-refractivity contribution in [3.05, 3.63) is 65.5 Å². The molecule has 0 fully saturated rings. The normalized spacial score (nSPS) is 13.6. The highest BCUT2D eigenvalue weighted by atomic mass is 16.5. The third-order valence-electron chi connectivity index (χ3n) is 3.99. The Morgan fingerprint density at radius 1 is 1.05 bits per heavy atom. The molecule has 1 aliphatic rings. The molecule has 0 aliphatic heterocycles. The van der Waals surface area contributed by atoms with Crippen LogP contribution in [0.3, 0.4) is 0 Å². The molecule has 0 saturated carbocycles. The second-order valence-electron chi connectivity index (χ2n) is 5.34. The molecular weight excluding hydrogens is 248 g/mol. The number of benzene rings is 1. The lowest BCUT2D eigenvalue weighted by atomic mass is 10.1. The maximum atomic E-state index is 5.53. The molecule has 0 radical (unpaired) electrons. The topological polar surface area (TPSA) is 31.0 Å². The van der Waals surface area contributed by atoms with Gasteiger partial charge in [-0.3, -0.25) is 0 Å². The van der Waals surface area contributed by atoms with Gasteiger partial charge in [-0.2, -0.15) is 0 Å². The fraction of sp³-hybridized carbons (Fsp3) is 0.235. The summed E-state index contributed by atoms with van der Waals surface area (Å²) < 4.78 is 7.81. The Bertz CT molecular complexity index is 725. The van der Waals surface area contributed by atoms with Crippen molar-refractivity contribution in [1.29, 1.82) is 0 Å². The zero-order chi connectivity index (χ0) is 13.4. The molecule has 0 bridgehead atoms. The Balaban J connectivity index is 1.80. The van der Waals surface area contributed by atoms with E-state index < -0.39 is 0 Å². The van der Waals surface area contributed by atoms with Gasteiger partial charge >= 0.3 is 0 Å². The lowest BCUT2D eigenvalue weighted by Gasteiger charge is -2.09. The Kier molecular flexibility index (Phi) is 2.69. The summed E-state index contributed by atoms with van der Waals surface area (Å²) in [5.41, 5.74) is 5.11. The molecule has 1 aromatic carbocycles. The molecule has 1 aliphatic carbocycles. The summed E-state index contributed by atoms with van der Waals surface area (Å²) in [6, 6.07) is 12.7. The zero-order valence-electron chi connectivity index (χ0n) is 11.2. The van der Waals surface area contributed by atoms with Crippen LogP contribution >= 0.6 is 0 Å². The van der Waals surface area contributed by atoms with Crippen LogP contribution in [0.5, 0.6) is 0 Å². The van der Waals surface area contributed by atoms with Gasteiger partial charge in [-0.25, -0.2) is 0 Å². The van der Waals surface area contributed by atoms with Crippen molar-refractivity contribution >= 4 is 0 Å². The molecule has 0 unspecified atom stereocenters. The predicted molar refractivity (Wildman–Crippen MR) is 77.5 cm³/mol. The Labute approximate surface area is 117 Å². The number of nitrogens with zero attached hydrogens (tertiary/aromatic N) is 2.